The fourth-order valence-corrected chi connectivity index (χ4v) is 2.92. The minimum atomic E-state index is 0.289. The Balaban J connectivity index is 1.54. The highest BCUT2D eigenvalue weighted by molar-refractivity contribution is 7.99. The lowest BCUT2D eigenvalue weighted by Gasteiger charge is -2.11. The van der Waals surface area contributed by atoms with Crippen LogP contribution in [-0.4, -0.2) is 55.7 Å². The minimum Gasteiger partial charge on any atom is -0.381 e. The molecular formula is C12H18N8OS. The number of tetrazole rings is 1. The highest BCUT2D eigenvalue weighted by atomic mass is 32.2. The van der Waals surface area contributed by atoms with Gasteiger partial charge in [-0.25, -0.2) is 9.67 Å². The summed E-state index contributed by atoms with van der Waals surface area (Å²) in [7, 11) is 1.82. The van der Waals surface area contributed by atoms with Crippen molar-refractivity contribution in [3.8, 4) is 0 Å². The molecular weight excluding hydrogens is 304 g/mol. The van der Waals surface area contributed by atoms with Gasteiger partial charge in [-0.1, -0.05) is 11.8 Å². The van der Waals surface area contributed by atoms with Crippen LogP contribution in [0.4, 0.5) is 11.8 Å². The summed E-state index contributed by atoms with van der Waals surface area (Å²) in [6.45, 7) is 2.21. The van der Waals surface area contributed by atoms with Gasteiger partial charge in [0.1, 0.15) is 5.82 Å². The van der Waals surface area contributed by atoms with Crippen LogP contribution in [0.2, 0.25) is 0 Å². The van der Waals surface area contributed by atoms with Gasteiger partial charge in [0, 0.05) is 37.9 Å². The van der Waals surface area contributed by atoms with Gasteiger partial charge < -0.3 is 15.8 Å². The third-order valence-electron chi connectivity index (χ3n) is 3.33. The fraction of sp³-hybridized carbons (Fsp3) is 0.583. The van der Waals surface area contributed by atoms with Crippen molar-refractivity contribution in [3.05, 3.63) is 11.8 Å². The molecule has 0 radical (unpaired) electrons. The Morgan fingerprint density at radius 3 is 3.14 bits per heavy atom. The summed E-state index contributed by atoms with van der Waals surface area (Å²) in [6.07, 6.45) is 0.977. The molecule has 2 aromatic heterocycles. The first-order valence-corrected chi connectivity index (χ1v) is 8.02. The van der Waals surface area contributed by atoms with Gasteiger partial charge in [-0.05, 0) is 16.8 Å². The number of thioether (sulfide) groups is 1. The van der Waals surface area contributed by atoms with Crippen molar-refractivity contribution in [1.82, 2.24) is 30.2 Å². The van der Waals surface area contributed by atoms with Gasteiger partial charge in [-0.3, -0.25) is 0 Å². The van der Waals surface area contributed by atoms with Gasteiger partial charge in [-0.15, -0.1) is 5.10 Å². The Labute approximate surface area is 132 Å². The smallest absolute Gasteiger partial charge is 0.222 e. The van der Waals surface area contributed by atoms with E-state index in [1.54, 1.807) is 16.4 Å². The quantitative estimate of drug-likeness (QED) is 0.571. The van der Waals surface area contributed by atoms with Crippen LogP contribution in [0.25, 0.3) is 0 Å². The number of ether oxygens (including phenoxy) is 1. The molecule has 0 spiro atoms. The Hall–Kier alpha value is -1.94. The van der Waals surface area contributed by atoms with Gasteiger partial charge in [0.05, 0.1) is 12.3 Å². The first-order chi connectivity index (χ1) is 10.7. The first-order valence-electron chi connectivity index (χ1n) is 7.03. The number of hydrogen-bond acceptors (Lipinski definition) is 9. The second-order valence-corrected chi connectivity index (χ2v) is 6.02. The van der Waals surface area contributed by atoms with Crippen molar-refractivity contribution in [2.24, 2.45) is 7.05 Å². The Morgan fingerprint density at radius 2 is 2.41 bits per heavy atom. The molecule has 1 atom stereocenters. The zero-order valence-corrected chi connectivity index (χ0v) is 13.1. The molecule has 3 N–H and O–H groups in total. The van der Waals surface area contributed by atoms with E-state index in [9.17, 15) is 0 Å². The van der Waals surface area contributed by atoms with E-state index >= 15 is 0 Å². The fourth-order valence-electron chi connectivity index (χ4n) is 2.22. The standard InChI is InChI=1S/C12H18N8OS/c1-20-12(17-18-19-20)22-5-3-14-10-6-9(15-11(13)16-10)8-2-4-21-7-8/h6,8H,2-5,7H2,1H3,(H3,13,14,15,16)/t8-/m1/s1. The minimum absolute atomic E-state index is 0.289. The molecule has 0 unspecified atom stereocenters. The molecule has 0 aliphatic carbocycles. The number of hydrogen-bond donors (Lipinski definition) is 2. The Kier molecular flexibility index (Phi) is 4.68. The van der Waals surface area contributed by atoms with E-state index in [1.807, 2.05) is 13.1 Å². The second kappa shape index (κ2) is 6.88. The predicted molar refractivity (Wildman–Crippen MR) is 82.6 cm³/mol. The van der Waals surface area contributed by atoms with Crippen molar-refractivity contribution in [3.63, 3.8) is 0 Å². The van der Waals surface area contributed by atoms with Crippen LogP contribution in [0.15, 0.2) is 11.2 Å². The van der Waals surface area contributed by atoms with Crippen LogP contribution in [0, 0.1) is 0 Å². The lowest BCUT2D eigenvalue weighted by atomic mass is 10.0. The molecule has 0 bridgehead atoms. The molecule has 9 nitrogen and oxygen atoms in total. The lowest BCUT2D eigenvalue weighted by Crippen LogP contribution is -2.11. The van der Waals surface area contributed by atoms with Crippen molar-refractivity contribution in [1.29, 1.82) is 0 Å². The maximum absolute atomic E-state index is 5.79. The van der Waals surface area contributed by atoms with Crippen LogP contribution in [0.3, 0.4) is 0 Å². The van der Waals surface area contributed by atoms with Crippen LogP contribution in [0.5, 0.6) is 0 Å². The maximum Gasteiger partial charge on any atom is 0.222 e. The third-order valence-corrected chi connectivity index (χ3v) is 4.34. The molecule has 1 aliphatic rings. The Bertz CT molecular complexity index is 627. The number of aryl methyl sites for hydroxylation is 1. The van der Waals surface area contributed by atoms with Gasteiger partial charge in [0.15, 0.2) is 0 Å². The number of anilines is 2. The van der Waals surface area contributed by atoms with Crippen LogP contribution < -0.4 is 11.1 Å². The third kappa shape index (κ3) is 3.63. The molecule has 1 saturated heterocycles. The second-order valence-electron chi connectivity index (χ2n) is 4.96. The SMILES string of the molecule is Cn1nnnc1SCCNc1cc([C@@H]2CCOC2)nc(N)n1. The molecule has 0 amide bonds. The van der Waals surface area contributed by atoms with Crippen molar-refractivity contribution >= 4 is 23.5 Å². The zero-order valence-electron chi connectivity index (χ0n) is 12.3. The van der Waals surface area contributed by atoms with Crippen molar-refractivity contribution in [2.45, 2.75) is 17.5 Å². The summed E-state index contributed by atoms with van der Waals surface area (Å²) < 4.78 is 7.04. The highest BCUT2D eigenvalue weighted by Crippen LogP contribution is 2.25. The summed E-state index contributed by atoms with van der Waals surface area (Å²) in [5.74, 6) is 2.16. The summed E-state index contributed by atoms with van der Waals surface area (Å²) in [5.41, 5.74) is 6.73. The number of nitrogens with two attached hydrogens (primary N) is 1. The molecule has 118 valence electrons. The number of aromatic nitrogens is 6. The van der Waals surface area contributed by atoms with E-state index in [4.69, 9.17) is 10.5 Å². The highest BCUT2D eigenvalue weighted by Gasteiger charge is 2.20. The van der Waals surface area contributed by atoms with E-state index in [-0.39, 0.29) is 5.95 Å². The zero-order chi connectivity index (χ0) is 15.4. The van der Waals surface area contributed by atoms with Gasteiger partial charge in [-0.2, -0.15) is 4.98 Å². The number of nitrogens with zero attached hydrogens (tertiary/aromatic N) is 6. The monoisotopic (exact) mass is 322 g/mol. The molecule has 10 heteroatoms. The summed E-state index contributed by atoms with van der Waals surface area (Å²) in [5, 5.41) is 15.3. The maximum atomic E-state index is 5.79. The number of rotatable bonds is 6. The van der Waals surface area contributed by atoms with Crippen LogP contribution in [0.1, 0.15) is 18.0 Å². The average Bonchev–Trinajstić information content (AvgIpc) is 3.15. The first kappa shape index (κ1) is 15.0. The average molecular weight is 322 g/mol. The lowest BCUT2D eigenvalue weighted by molar-refractivity contribution is 0.193. The summed E-state index contributed by atoms with van der Waals surface area (Å²) in [4.78, 5) is 8.53. The molecule has 22 heavy (non-hydrogen) atoms. The summed E-state index contributed by atoms with van der Waals surface area (Å²) >= 11 is 1.58. The molecule has 1 fully saturated rings. The van der Waals surface area contributed by atoms with E-state index in [0.29, 0.717) is 12.5 Å². The normalized spacial score (nSPS) is 17.8. The van der Waals surface area contributed by atoms with Crippen LogP contribution >= 0.6 is 11.8 Å². The van der Waals surface area contributed by atoms with Gasteiger partial charge in [0.25, 0.3) is 0 Å². The van der Waals surface area contributed by atoms with Crippen molar-refractivity contribution in [2.75, 3.05) is 36.6 Å². The van der Waals surface area contributed by atoms with E-state index in [0.717, 1.165) is 42.0 Å². The molecule has 0 saturated carbocycles. The molecule has 3 heterocycles. The molecule has 0 aromatic carbocycles. The predicted octanol–water partition coefficient (Wildman–Crippen LogP) is 0.290. The van der Waals surface area contributed by atoms with Gasteiger partial charge >= 0.3 is 0 Å². The van der Waals surface area contributed by atoms with E-state index in [2.05, 4.69) is 30.8 Å². The van der Waals surface area contributed by atoms with E-state index in [1.165, 1.54) is 0 Å². The summed E-state index contributed by atoms with van der Waals surface area (Å²) in [6, 6.07) is 1.95. The molecule has 1 aliphatic heterocycles. The molecule has 2 aromatic rings. The Morgan fingerprint density at radius 1 is 1.50 bits per heavy atom. The number of nitrogen functional groups attached to an aromatic ring is 1. The largest absolute Gasteiger partial charge is 0.381 e. The van der Waals surface area contributed by atoms with Crippen molar-refractivity contribution < 1.29 is 4.74 Å². The molecule has 3 rings (SSSR count). The number of nitrogens with one attached hydrogen (secondary N) is 1. The van der Waals surface area contributed by atoms with E-state index < -0.39 is 0 Å². The topological polar surface area (TPSA) is 117 Å². The van der Waals surface area contributed by atoms with Gasteiger partial charge in [0.2, 0.25) is 11.1 Å². The van der Waals surface area contributed by atoms with Crippen LogP contribution in [-0.2, 0) is 11.8 Å².